The minimum atomic E-state index is -0.0652. The first kappa shape index (κ1) is 14.8. The van der Waals surface area contributed by atoms with Crippen molar-refractivity contribution >= 4 is 11.7 Å². The van der Waals surface area contributed by atoms with Crippen LogP contribution in [0.25, 0.3) is 0 Å². The Morgan fingerprint density at radius 2 is 2.15 bits per heavy atom. The molecule has 1 fully saturated rings. The Morgan fingerprint density at radius 3 is 2.85 bits per heavy atom. The Morgan fingerprint density at radius 1 is 1.40 bits per heavy atom. The molecule has 1 aliphatic carbocycles. The molecule has 0 radical (unpaired) electrons. The van der Waals surface area contributed by atoms with Crippen molar-refractivity contribution < 1.29 is 4.79 Å². The quantitative estimate of drug-likeness (QED) is 0.838. The van der Waals surface area contributed by atoms with Crippen LogP contribution >= 0.6 is 0 Å². The highest BCUT2D eigenvalue weighted by molar-refractivity contribution is 5.92. The highest BCUT2D eigenvalue weighted by atomic mass is 16.1. The van der Waals surface area contributed by atoms with Gasteiger partial charge in [0.05, 0.1) is 0 Å². The van der Waals surface area contributed by atoms with Crippen molar-refractivity contribution in [3.63, 3.8) is 0 Å². The van der Waals surface area contributed by atoms with Crippen LogP contribution in [0.4, 0.5) is 5.82 Å². The van der Waals surface area contributed by atoms with Gasteiger partial charge >= 0.3 is 0 Å². The molecule has 0 bridgehead atoms. The number of rotatable bonds is 6. The van der Waals surface area contributed by atoms with Gasteiger partial charge in [0.1, 0.15) is 11.5 Å². The summed E-state index contributed by atoms with van der Waals surface area (Å²) in [5.74, 6) is 1.33. The fraction of sp³-hybridized carbons (Fsp3) is 0.625. The fourth-order valence-corrected chi connectivity index (χ4v) is 2.77. The predicted octanol–water partition coefficient (Wildman–Crippen LogP) is 3.21. The second kappa shape index (κ2) is 7.27. The number of aromatic nitrogens is 1. The molecule has 0 spiro atoms. The lowest BCUT2D eigenvalue weighted by Crippen LogP contribution is -2.37. The molecule has 1 aliphatic rings. The fourth-order valence-electron chi connectivity index (χ4n) is 2.77. The van der Waals surface area contributed by atoms with E-state index in [1.165, 1.54) is 25.7 Å². The second-order valence-corrected chi connectivity index (χ2v) is 5.64. The molecule has 1 amide bonds. The number of hydrogen-bond acceptors (Lipinski definition) is 3. The van der Waals surface area contributed by atoms with Crippen LogP contribution in [0.3, 0.4) is 0 Å². The number of hydrogen-bond donors (Lipinski definition) is 2. The van der Waals surface area contributed by atoms with Crippen LogP contribution in [-0.4, -0.2) is 23.5 Å². The van der Waals surface area contributed by atoms with E-state index in [-0.39, 0.29) is 11.9 Å². The van der Waals surface area contributed by atoms with E-state index in [0.29, 0.717) is 11.6 Å². The van der Waals surface area contributed by atoms with Gasteiger partial charge in [-0.2, -0.15) is 0 Å². The minimum Gasteiger partial charge on any atom is -0.370 e. The first-order valence-electron chi connectivity index (χ1n) is 7.72. The maximum Gasteiger partial charge on any atom is 0.270 e. The molecule has 1 aromatic heterocycles. The molecule has 1 heterocycles. The van der Waals surface area contributed by atoms with Crippen LogP contribution in [0.1, 0.15) is 56.4 Å². The Balaban J connectivity index is 1.94. The van der Waals surface area contributed by atoms with Crippen molar-refractivity contribution in [1.29, 1.82) is 0 Å². The van der Waals surface area contributed by atoms with Gasteiger partial charge in [-0.15, -0.1) is 0 Å². The number of anilines is 1. The minimum absolute atomic E-state index is 0.0652. The van der Waals surface area contributed by atoms with Gasteiger partial charge in [0.2, 0.25) is 0 Å². The number of carbonyl (C=O) groups is 1. The van der Waals surface area contributed by atoms with Crippen molar-refractivity contribution in [2.75, 3.05) is 11.9 Å². The van der Waals surface area contributed by atoms with Gasteiger partial charge in [-0.3, -0.25) is 4.79 Å². The van der Waals surface area contributed by atoms with E-state index in [9.17, 15) is 4.79 Å². The zero-order chi connectivity index (χ0) is 14.4. The summed E-state index contributed by atoms with van der Waals surface area (Å²) in [6.45, 7) is 5.08. The normalized spacial score (nSPS) is 16.9. The standard InChI is InChI=1S/C16H25N3O/c1-3-11-17-15-10-6-9-14(19-15)16(20)18-12(2)13-7-4-5-8-13/h6,9-10,12-13H,3-5,7-8,11H2,1-2H3,(H,17,19)(H,18,20). The molecule has 20 heavy (non-hydrogen) atoms. The van der Waals surface area contributed by atoms with Gasteiger partial charge in [0.15, 0.2) is 0 Å². The predicted molar refractivity (Wildman–Crippen MR) is 81.9 cm³/mol. The van der Waals surface area contributed by atoms with E-state index in [0.717, 1.165) is 18.8 Å². The Kier molecular flexibility index (Phi) is 5.39. The average Bonchev–Trinajstić information content (AvgIpc) is 2.99. The Bertz CT molecular complexity index is 441. The molecular weight excluding hydrogens is 250 g/mol. The zero-order valence-electron chi connectivity index (χ0n) is 12.5. The molecule has 1 unspecified atom stereocenters. The van der Waals surface area contributed by atoms with Gasteiger partial charge in [0.25, 0.3) is 5.91 Å². The zero-order valence-corrected chi connectivity index (χ0v) is 12.5. The lowest BCUT2D eigenvalue weighted by atomic mass is 10.00. The summed E-state index contributed by atoms with van der Waals surface area (Å²) < 4.78 is 0. The third kappa shape index (κ3) is 3.95. The van der Waals surface area contributed by atoms with Gasteiger partial charge in [-0.05, 0) is 44.2 Å². The summed E-state index contributed by atoms with van der Waals surface area (Å²) in [5.41, 5.74) is 0.496. The molecular formula is C16H25N3O. The third-order valence-corrected chi connectivity index (χ3v) is 4.00. The molecule has 0 aromatic carbocycles. The third-order valence-electron chi connectivity index (χ3n) is 4.00. The molecule has 1 saturated carbocycles. The number of carbonyl (C=O) groups excluding carboxylic acids is 1. The monoisotopic (exact) mass is 275 g/mol. The molecule has 2 rings (SSSR count). The van der Waals surface area contributed by atoms with Crippen LogP contribution < -0.4 is 10.6 Å². The van der Waals surface area contributed by atoms with Crippen molar-refractivity contribution in [2.45, 2.75) is 52.0 Å². The molecule has 1 atom stereocenters. The van der Waals surface area contributed by atoms with E-state index < -0.39 is 0 Å². The lowest BCUT2D eigenvalue weighted by molar-refractivity contribution is 0.0922. The summed E-state index contributed by atoms with van der Waals surface area (Å²) in [4.78, 5) is 16.6. The van der Waals surface area contributed by atoms with E-state index in [4.69, 9.17) is 0 Å². The maximum absolute atomic E-state index is 12.2. The maximum atomic E-state index is 12.2. The van der Waals surface area contributed by atoms with Crippen molar-refractivity contribution in [1.82, 2.24) is 10.3 Å². The summed E-state index contributed by atoms with van der Waals surface area (Å²) >= 11 is 0. The first-order chi connectivity index (χ1) is 9.70. The summed E-state index contributed by atoms with van der Waals surface area (Å²) in [7, 11) is 0. The highest BCUT2D eigenvalue weighted by Gasteiger charge is 2.23. The first-order valence-corrected chi connectivity index (χ1v) is 7.72. The summed E-state index contributed by atoms with van der Waals surface area (Å²) in [5, 5.41) is 6.30. The number of nitrogens with one attached hydrogen (secondary N) is 2. The second-order valence-electron chi connectivity index (χ2n) is 5.64. The van der Waals surface area contributed by atoms with Crippen LogP contribution in [0.15, 0.2) is 18.2 Å². The van der Waals surface area contributed by atoms with E-state index in [2.05, 4.69) is 29.5 Å². The average molecular weight is 275 g/mol. The molecule has 4 heteroatoms. The molecule has 4 nitrogen and oxygen atoms in total. The van der Waals surface area contributed by atoms with Gasteiger partial charge < -0.3 is 10.6 Å². The van der Waals surface area contributed by atoms with E-state index in [1.54, 1.807) is 6.07 Å². The molecule has 1 aromatic rings. The van der Waals surface area contributed by atoms with Gasteiger partial charge in [-0.25, -0.2) is 4.98 Å². The molecule has 110 valence electrons. The molecule has 0 saturated heterocycles. The van der Waals surface area contributed by atoms with E-state index in [1.807, 2.05) is 12.1 Å². The van der Waals surface area contributed by atoms with Gasteiger partial charge in [-0.1, -0.05) is 25.8 Å². The van der Waals surface area contributed by atoms with E-state index >= 15 is 0 Å². The van der Waals surface area contributed by atoms with Gasteiger partial charge in [0, 0.05) is 12.6 Å². The summed E-state index contributed by atoms with van der Waals surface area (Å²) in [6, 6.07) is 5.78. The van der Waals surface area contributed by atoms with Crippen molar-refractivity contribution in [2.24, 2.45) is 5.92 Å². The number of nitrogens with zero attached hydrogens (tertiary/aromatic N) is 1. The summed E-state index contributed by atoms with van der Waals surface area (Å²) in [6.07, 6.45) is 6.08. The van der Waals surface area contributed by atoms with Crippen molar-refractivity contribution in [3.8, 4) is 0 Å². The van der Waals surface area contributed by atoms with Crippen LogP contribution in [0.2, 0.25) is 0 Å². The van der Waals surface area contributed by atoms with Crippen LogP contribution in [0.5, 0.6) is 0 Å². The number of pyridine rings is 1. The lowest BCUT2D eigenvalue weighted by Gasteiger charge is -2.20. The van der Waals surface area contributed by atoms with Crippen molar-refractivity contribution in [3.05, 3.63) is 23.9 Å². The topological polar surface area (TPSA) is 54.0 Å². The molecule has 0 aliphatic heterocycles. The van der Waals surface area contributed by atoms with Crippen LogP contribution in [-0.2, 0) is 0 Å². The molecule has 2 N–H and O–H groups in total. The Labute approximate surface area is 121 Å². The highest BCUT2D eigenvalue weighted by Crippen LogP contribution is 2.27. The smallest absolute Gasteiger partial charge is 0.270 e. The number of amides is 1. The largest absolute Gasteiger partial charge is 0.370 e. The SMILES string of the molecule is CCCNc1cccc(C(=O)NC(C)C2CCCC2)n1. The Hall–Kier alpha value is -1.58. The van der Waals surface area contributed by atoms with Crippen LogP contribution in [0, 0.1) is 5.92 Å².